The molecule has 0 fully saturated rings. The van der Waals surface area contributed by atoms with Gasteiger partial charge in [-0.3, -0.25) is 9.59 Å². The van der Waals surface area contributed by atoms with E-state index < -0.39 is 5.91 Å². The Balaban J connectivity index is 1.72. The van der Waals surface area contributed by atoms with Crippen LogP contribution in [0.1, 0.15) is 46.1 Å². The first-order valence-corrected chi connectivity index (χ1v) is 9.14. The molecule has 0 saturated carbocycles. The average molecular weight is 342 g/mol. The molecule has 0 saturated heterocycles. The number of rotatable bonds is 5. The average Bonchev–Trinajstić information content (AvgIpc) is 2.90. The van der Waals surface area contributed by atoms with Crippen LogP contribution in [-0.2, 0) is 24.1 Å². The van der Waals surface area contributed by atoms with Gasteiger partial charge in [-0.25, -0.2) is 0 Å². The lowest BCUT2D eigenvalue weighted by Crippen LogP contribution is -2.19. The molecule has 1 aromatic carbocycles. The highest BCUT2D eigenvalue weighted by Crippen LogP contribution is 2.39. The number of benzene rings is 1. The van der Waals surface area contributed by atoms with E-state index in [1.54, 1.807) is 0 Å². The summed E-state index contributed by atoms with van der Waals surface area (Å²) >= 11 is 1.51. The van der Waals surface area contributed by atoms with E-state index in [0.717, 1.165) is 30.4 Å². The van der Waals surface area contributed by atoms with Crippen LogP contribution < -0.4 is 11.1 Å². The molecular formula is C19H22N2O2S. The maximum atomic E-state index is 12.3. The second kappa shape index (κ2) is 7.18. The number of aryl methyl sites for hydroxylation is 1. The van der Waals surface area contributed by atoms with Crippen LogP contribution in [0.15, 0.2) is 30.3 Å². The van der Waals surface area contributed by atoms with Gasteiger partial charge in [0.1, 0.15) is 5.00 Å². The number of amides is 2. The second-order valence-electron chi connectivity index (χ2n) is 6.45. The largest absolute Gasteiger partial charge is 0.365 e. The Kier molecular flexibility index (Phi) is 5.00. The van der Waals surface area contributed by atoms with Crippen molar-refractivity contribution >= 4 is 28.2 Å². The van der Waals surface area contributed by atoms with E-state index in [4.69, 9.17) is 5.73 Å². The first-order chi connectivity index (χ1) is 11.5. The minimum absolute atomic E-state index is 0.0759. The summed E-state index contributed by atoms with van der Waals surface area (Å²) in [5.74, 6) is 0.0897. The number of thiophene rings is 1. The Morgan fingerprint density at radius 3 is 2.75 bits per heavy atom. The van der Waals surface area contributed by atoms with Gasteiger partial charge < -0.3 is 11.1 Å². The predicted molar refractivity (Wildman–Crippen MR) is 97.4 cm³/mol. The lowest BCUT2D eigenvalue weighted by Gasteiger charge is -2.18. The Morgan fingerprint density at radius 1 is 1.29 bits per heavy atom. The van der Waals surface area contributed by atoms with E-state index in [0.29, 0.717) is 29.3 Å². The molecule has 1 heterocycles. The Morgan fingerprint density at radius 2 is 2.04 bits per heavy atom. The van der Waals surface area contributed by atoms with Crippen LogP contribution in [0.2, 0.25) is 0 Å². The van der Waals surface area contributed by atoms with E-state index in [1.807, 2.05) is 30.3 Å². The van der Waals surface area contributed by atoms with Gasteiger partial charge in [-0.1, -0.05) is 37.3 Å². The molecule has 1 aliphatic carbocycles. The quantitative estimate of drug-likeness (QED) is 0.872. The van der Waals surface area contributed by atoms with E-state index in [9.17, 15) is 9.59 Å². The van der Waals surface area contributed by atoms with Crippen molar-refractivity contribution in [3.63, 3.8) is 0 Å². The van der Waals surface area contributed by atoms with Gasteiger partial charge in [0.25, 0.3) is 5.91 Å². The SMILES string of the molecule is CC1CCc2c(sc(NC(=O)CCc3ccccc3)c2C(N)=O)C1. The monoisotopic (exact) mass is 342 g/mol. The number of hydrogen-bond donors (Lipinski definition) is 2. The number of anilines is 1. The van der Waals surface area contributed by atoms with Crippen molar-refractivity contribution in [2.24, 2.45) is 11.7 Å². The van der Waals surface area contributed by atoms with Gasteiger partial charge in [-0.2, -0.15) is 0 Å². The number of fused-ring (bicyclic) bond motifs is 1. The molecule has 24 heavy (non-hydrogen) atoms. The van der Waals surface area contributed by atoms with Crippen LogP contribution in [0.4, 0.5) is 5.00 Å². The van der Waals surface area contributed by atoms with E-state index >= 15 is 0 Å². The molecule has 4 nitrogen and oxygen atoms in total. The molecule has 3 N–H and O–H groups in total. The molecule has 1 unspecified atom stereocenters. The Hall–Kier alpha value is -2.14. The number of primary amides is 1. The smallest absolute Gasteiger partial charge is 0.251 e. The summed E-state index contributed by atoms with van der Waals surface area (Å²) in [6.45, 7) is 2.21. The molecule has 1 aliphatic rings. The fraction of sp³-hybridized carbons (Fsp3) is 0.368. The minimum Gasteiger partial charge on any atom is -0.365 e. The molecule has 5 heteroatoms. The summed E-state index contributed by atoms with van der Waals surface area (Å²) in [7, 11) is 0. The van der Waals surface area contributed by atoms with Crippen LogP contribution in [0, 0.1) is 5.92 Å². The Labute approximate surface area is 146 Å². The first kappa shape index (κ1) is 16.7. The number of nitrogens with one attached hydrogen (secondary N) is 1. The van der Waals surface area contributed by atoms with Gasteiger partial charge in [0.2, 0.25) is 5.91 Å². The highest BCUT2D eigenvalue weighted by Gasteiger charge is 2.27. The number of hydrogen-bond acceptors (Lipinski definition) is 3. The van der Waals surface area contributed by atoms with Crippen molar-refractivity contribution in [3.05, 3.63) is 51.9 Å². The minimum atomic E-state index is -0.444. The molecule has 0 bridgehead atoms. The molecule has 0 radical (unpaired) electrons. The van der Waals surface area contributed by atoms with Crippen molar-refractivity contribution < 1.29 is 9.59 Å². The van der Waals surface area contributed by atoms with Crippen molar-refractivity contribution in [2.75, 3.05) is 5.32 Å². The van der Waals surface area contributed by atoms with Crippen molar-refractivity contribution in [1.82, 2.24) is 0 Å². The molecule has 3 rings (SSSR count). The van der Waals surface area contributed by atoms with Gasteiger partial charge in [-0.15, -0.1) is 11.3 Å². The highest BCUT2D eigenvalue weighted by atomic mass is 32.1. The molecule has 1 aromatic heterocycles. The van der Waals surface area contributed by atoms with Gasteiger partial charge >= 0.3 is 0 Å². The van der Waals surface area contributed by atoms with Crippen LogP contribution in [0.25, 0.3) is 0 Å². The number of nitrogens with two attached hydrogens (primary N) is 1. The number of carbonyl (C=O) groups is 2. The van der Waals surface area contributed by atoms with Gasteiger partial charge in [0.15, 0.2) is 0 Å². The third-order valence-electron chi connectivity index (χ3n) is 4.49. The number of carbonyl (C=O) groups excluding carboxylic acids is 2. The zero-order valence-electron chi connectivity index (χ0n) is 13.8. The van der Waals surface area contributed by atoms with Crippen molar-refractivity contribution in [3.8, 4) is 0 Å². The lowest BCUT2D eigenvalue weighted by molar-refractivity contribution is -0.116. The summed E-state index contributed by atoms with van der Waals surface area (Å²) in [6, 6.07) is 9.90. The standard InChI is InChI=1S/C19H22N2O2S/c1-12-7-9-14-15(11-12)24-19(17(14)18(20)23)21-16(22)10-8-13-5-3-2-4-6-13/h2-6,12H,7-11H2,1H3,(H2,20,23)(H,21,22). The summed E-state index contributed by atoms with van der Waals surface area (Å²) in [5.41, 5.74) is 8.27. The molecule has 1 atom stereocenters. The van der Waals surface area contributed by atoms with E-state index in [2.05, 4.69) is 12.2 Å². The zero-order valence-corrected chi connectivity index (χ0v) is 14.6. The summed E-state index contributed by atoms with van der Waals surface area (Å²) in [4.78, 5) is 25.4. The second-order valence-corrected chi connectivity index (χ2v) is 7.56. The zero-order chi connectivity index (χ0) is 17.1. The predicted octanol–water partition coefficient (Wildman–Crippen LogP) is 3.54. The fourth-order valence-corrected chi connectivity index (χ4v) is 4.62. The normalized spacial score (nSPS) is 16.5. The van der Waals surface area contributed by atoms with Gasteiger partial charge in [0.05, 0.1) is 5.56 Å². The summed E-state index contributed by atoms with van der Waals surface area (Å²) in [5, 5.41) is 3.54. The van der Waals surface area contributed by atoms with Crippen LogP contribution >= 0.6 is 11.3 Å². The molecule has 0 aliphatic heterocycles. The van der Waals surface area contributed by atoms with Gasteiger partial charge in [-0.05, 0) is 42.7 Å². The summed E-state index contributed by atoms with van der Waals surface area (Å²) in [6.07, 6.45) is 3.96. The van der Waals surface area contributed by atoms with Crippen LogP contribution in [0.5, 0.6) is 0 Å². The molecule has 2 amide bonds. The Bertz CT molecular complexity index is 752. The molecule has 2 aromatic rings. The maximum Gasteiger partial charge on any atom is 0.251 e. The van der Waals surface area contributed by atoms with Crippen molar-refractivity contribution in [2.45, 2.75) is 39.0 Å². The van der Waals surface area contributed by atoms with Crippen LogP contribution in [-0.4, -0.2) is 11.8 Å². The maximum absolute atomic E-state index is 12.3. The molecule has 126 valence electrons. The topological polar surface area (TPSA) is 72.2 Å². The first-order valence-electron chi connectivity index (χ1n) is 8.32. The van der Waals surface area contributed by atoms with Crippen molar-refractivity contribution in [1.29, 1.82) is 0 Å². The van der Waals surface area contributed by atoms with Gasteiger partial charge in [0, 0.05) is 11.3 Å². The molecule has 0 spiro atoms. The third-order valence-corrected chi connectivity index (χ3v) is 5.66. The highest BCUT2D eigenvalue weighted by molar-refractivity contribution is 7.17. The fourth-order valence-electron chi connectivity index (χ4n) is 3.19. The lowest BCUT2D eigenvalue weighted by atomic mass is 9.88. The van der Waals surface area contributed by atoms with E-state index in [-0.39, 0.29) is 5.91 Å². The summed E-state index contributed by atoms with van der Waals surface area (Å²) < 4.78 is 0. The van der Waals surface area contributed by atoms with E-state index in [1.165, 1.54) is 16.2 Å². The molecular weight excluding hydrogens is 320 g/mol. The third kappa shape index (κ3) is 3.67. The van der Waals surface area contributed by atoms with Crippen LogP contribution in [0.3, 0.4) is 0 Å².